The van der Waals surface area contributed by atoms with Crippen LogP contribution in [0.25, 0.3) is 0 Å². The molecule has 0 spiro atoms. The summed E-state index contributed by atoms with van der Waals surface area (Å²) < 4.78 is 6.02. The van der Waals surface area contributed by atoms with Crippen molar-refractivity contribution in [1.82, 2.24) is 9.97 Å². The molecule has 0 saturated heterocycles. The standard InChI is InChI=1S/C14H17BrN4O/c1-20-9-3-7-16-14-17-8-6-13(19-14)18-12-5-2-4-11(15)10-12/h2,4-6,8,10H,3,7,9H2,1H3,(H2,16,17,18,19). The van der Waals surface area contributed by atoms with Crippen molar-refractivity contribution in [2.24, 2.45) is 0 Å². The minimum atomic E-state index is 0.612. The zero-order valence-electron chi connectivity index (χ0n) is 11.3. The van der Waals surface area contributed by atoms with E-state index in [0.717, 1.165) is 35.6 Å². The Balaban J connectivity index is 1.95. The number of anilines is 3. The van der Waals surface area contributed by atoms with Gasteiger partial charge < -0.3 is 15.4 Å². The number of hydrogen-bond acceptors (Lipinski definition) is 5. The second kappa shape index (κ2) is 7.81. The number of rotatable bonds is 7. The summed E-state index contributed by atoms with van der Waals surface area (Å²) in [7, 11) is 1.69. The van der Waals surface area contributed by atoms with Gasteiger partial charge in [-0.2, -0.15) is 4.98 Å². The highest BCUT2D eigenvalue weighted by Crippen LogP contribution is 2.19. The van der Waals surface area contributed by atoms with Crippen molar-refractivity contribution < 1.29 is 4.74 Å². The molecule has 1 aromatic carbocycles. The molecule has 0 aliphatic carbocycles. The molecule has 0 fully saturated rings. The van der Waals surface area contributed by atoms with Crippen LogP contribution in [0, 0.1) is 0 Å². The van der Waals surface area contributed by atoms with Gasteiger partial charge in [-0.05, 0) is 30.7 Å². The second-order valence-corrected chi connectivity index (χ2v) is 5.09. The maximum atomic E-state index is 5.00. The Kier molecular flexibility index (Phi) is 5.76. The Hall–Kier alpha value is -1.66. The number of benzene rings is 1. The fourth-order valence-corrected chi connectivity index (χ4v) is 2.04. The van der Waals surface area contributed by atoms with Gasteiger partial charge in [0.25, 0.3) is 0 Å². The quantitative estimate of drug-likeness (QED) is 0.758. The topological polar surface area (TPSA) is 59.1 Å². The molecule has 0 bridgehead atoms. The summed E-state index contributed by atoms with van der Waals surface area (Å²) >= 11 is 3.44. The number of ether oxygens (including phenoxy) is 1. The van der Waals surface area contributed by atoms with Crippen LogP contribution in [0.3, 0.4) is 0 Å². The van der Waals surface area contributed by atoms with Crippen LogP contribution < -0.4 is 10.6 Å². The second-order valence-electron chi connectivity index (χ2n) is 4.17. The average Bonchev–Trinajstić information content (AvgIpc) is 2.44. The Morgan fingerprint density at radius 1 is 1.30 bits per heavy atom. The first-order valence-corrected chi connectivity index (χ1v) is 7.15. The van der Waals surface area contributed by atoms with Crippen LogP contribution in [-0.2, 0) is 4.74 Å². The highest BCUT2D eigenvalue weighted by molar-refractivity contribution is 9.10. The smallest absolute Gasteiger partial charge is 0.224 e. The van der Waals surface area contributed by atoms with Gasteiger partial charge in [0.1, 0.15) is 5.82 Å². The zero-order valence-corrected chi connectivity index (χ0v) is 12.9. The van der Waals surface area contributed by atoms with Crippen LogP contribution in [0.15, 0.2) is 41.0 Å². The fourth-order valence-electron chi connectivity index (χ4n) is 1.64. The van der Waals surface area contributed by atoms with Crippen molar-refractivity contribution in [3.05, 3.63) is 41.0 Å². The van der Waals surface area contributed by atoms with Gasteiger partial charge in [0.2, 0.25) is 5.95 Å². The predicted octanol–water partition coefficient (Wildman–Crippen LogP) is 3.43. The summed E-state index contributed by atoms with van der Waals surface area (Å²) in [4.78, 5) is 8.59. The molecule has 0 saturated carbocycles. The maximum Gasteiger partial charge on any atom is 0.224 e. The zero-order chi connectivity index (χ0) is 14.2. The van der Waals surface area contributed by atoms with Gasteiger partial charge in [0.15, 0.2) is 0 Å². The van der Waals surface area contributed by atoms with E-state index in [1.165, 1.54) is 0 Å². The molecular formula is C14H17BrN4O. The summed E-state index contributed by atoms with van der Waals surface area (Å²) in [6.07, 6.45) is 2.65. The molecule has 0 aliphatic rings. The van der Waals surface area contributed by atoms with Crippen molar-refractivity contribution in [3.8, 4) is 0 Å². The van der Waals surface area contributed by atoms with Crippen molar-refractivity contribution >= 4 is 33.4 Å². The van der Waals surface area contributed by atoms with Crippen LogP contribution in [-0.4, -0.2) is 30.2 Å². The summed E-state index contributed by atoms with van der Waals surface area (Å²) in [5.74, 6) is 1.37. The Bertz CT molecular complexity index is 550. The molecule has 20 heavy (non-hydrogen) atoms. The molecule has 0 unspecified atom stereocenters. The van der Waals surface area contributed by atoms with Gasteiger partial charge in [-0.1, -0.05) is 22.0 Å². The van der Waals surface area contributed by atoms with Gasteiger partial charge in [-0.15, -0.1) is 0 Å². The lowest BCUT2D eigenvalue weighted by Crippen LogP contribution is -2.08. The van der Waals surface area contributed by atoms with E-state index in [1.54, 1.807) is 13.3 Å². The minimum Gasteiger partial charge on any atom is -0.385 e. The van der Waals surface area contributed by atoms with Gasteiger partial charge in [-0.3, -0.25) is 0 Å². The summed E-state index contributed by atoms with van der Waals surface area (Å²) in [6, 6.07) is 9.76. The maximum absolute atomic E-state index is 5.00. The molecule has 2 aromatic rings. The van der Waals surface area contributed by atoms with Crippen LogP contribution in [0.4, 0.5) is 17.5 Å². The number of hydrogen-bond donors (Lipinski definition) is 2. The van der Waals surface area contributed by atoms with Gasteiger partial charge >= 0.3 is 0 Å². The number of nitrogens with one attached hydrogen (secondary N) is 2. The highest BCUT2D eigenvalue weighted by atomic mass is 79.9. The van der Waals surface area contributed by atoms with Crippen molar-refractivity contribution in [2.45, 2.75) is 6.42 Å². The number of methoxy groups -OCH3 is 1. The Morgan fingerprint density at radius 2 is 2.20 bits per heavy atom. The summed E-state index contributed by atoms with van der Waals surface area (Å²) in [5, 5.41) is 6.41. The molecule has 0 aliphatic heterocycles. The first-order chi connectivity index (χ1) is 9.78. The van der Waals surface area contributed by atoms with E-state index in [1.807, 2.05) is 30.3 Å². The van der Waals surface area contributed by atoms with Crippen LogP contribution in [0.1, 0.15) is 6.42 Å². The Labute approximate surface area is 126 Å². The third kappa shape index (κ3) is 4.79. The predicted molar refractivity (Wildman–Crippen MR) is 84.4 cm³/mol. The molecule has 6 heteroatoms. The molecule has 2 N–H and O–H groups in total. The SMILES string of the molecule is COCCCNc1nccc(Nc2cccc(Br)c2)n1. The third-order valence-corrected chi connectivity index (χ3v) is 3.05. The average molecular weight is 337 g/mol. The van der Waals surface area contributed by atoms with Crippen molar-refractivity contribution in [1.29, 1.82) is 0 Å². The third-order valence-electron chi connectivity index (χ3n) is 2.56. The van der Waals surface area contributed by atoms with Crippen molar-refractivity contribution in [3.63, 3.8) is 0 Å². The van der Waals surface area contributed by atoms with Crippen LogP contribution in [0.5, 0.6) is 0 Å². The first kappa shape index (κ1) is 14.7. The fraction of sp³-hybridized carbons (Fsp3) is 0.286. The van der Waals surface area contributed by atoms with Crippen molar-refractivity contribution in [2.75, 3.05) is 30.9 Å². The van der Waals surface area contributed by atoms with E-state index >= 15 is 0 Å². The first-order valence-electron chi connectivity index (χ1n) is 6.36. The van der Waals surface area contributed by atoms with Gasteiger partial charge in [-0.25, -0.2) is 4.98 Å². The molecule has 1 heterocycles. The molecule has 106 valence electrons. The number of halogens is 1. The molecular weight excluding hydrogens is 320 g/mol. The lowest BCUT2D eigenvalue weighted by atomic mass is 10.3. The molecule has 0 radical (unpaired) electrons. The van der Waals surface area contributed by atoms with Crippen LogP contribution >= 0.6 is 15.9 Å². The molecule has 1 aromatic heterocycles. The van der Waals surface area contributed by atoms with E-state index in [9.17, 15) is 0 Å². The highest BCUT2D eigenvalue weighted by Gasteiger charge is 2.00. The van der Waals surface area contributed by atoms with E-state index in [-0.39, 0.29) is 0 Å². The largest absolute Gasteiger partial charge is 0.385 e. The molecule has 2 rings (SSSR count). The summed E-state index contributed by atoms with van der Waals surface area (Å²) in [5.41, 5.74) is 0.975. The minimum absolute atomic E-state index is 0.612. The number of nitrogens with zero attached hydrogens (tertiary/aromatic N) is 2. The van der Waals surface area contributed by atoms with Gasteiger partial charge in [0, 0.05) is 36.6 Å². The van der Waals surface area contributed by atoms with Gasteiger partial charge in [0.05, 0.1) is 0 Å². The Morgan fingerprint density at radius 3 is 3.00 bits per heavy atom. The lowest BCUT2D eigenvalue weighted by Gasteiger charge is -2.08. The molecule has 5 nitrogen and oxygen atoms in total. The lowest BCUT2D eigenvalue weighted by molar-refractivity contribution is 0.197. The monoisotopic (exact) mass is 336 g/mol. The molecule has 0 amide bonds. The molecule has 0 atom stereocenters. The normalized spacial score (nSPS) is 10.3. The number of aromatic nitrogens is 2. The summed E-state index contributed by atoms with van der Waals surface area (Å²) in [6.45, 7) is 1.51. The van der Waals surface area contributed by atoms with E-state index in [2.05, 4.69) is 36.5 Å². The van der Waals surface area contributed by atoms with E-state index < -0.39 is 0 Å². The van der Waals surface area contributed by atoms with E-state index in [4.69, 9.17) is 4.74 Å². The van der Waals surface area contributed by atoms with Crippen LogP contribution in [0.2, 0.25) is 0 Å². The van der Waals surface area contributed by atoms with E-state index in [0.29, 0.717) is 5.95 Å².